The van der Waals surface area contributed by atoms with Crippen LogP contribution in [0.1, 0.15) is 0 Å². The lowest BCUT2D eigenvalue weighted by Gasteiger charge is -2.32. The summed E-state index contributed by atoms with van der Waals surface area (Å²) in [4.78, 5) is 13.6. The summed E-state index contributed by atoms with van der Waals surface area (Å²) in [6.45, 7) is 0. The van der Waals surface area contributed by atoms with Crippen molar-refractivity contribution >= 4 is 114 Å². The Labute approximate surface area is 347 Å². The molecule has 4 aromatic heterocycles. The van der Waals surface area contributed by atoms with Crippen LogP contribution >= 0.6 is 11.3 Å². The molecule has 0 aliphatic carbocycles. The molecule has 60 heavy (non-hydrogen) atoms. The molecule has 5 nitrogen and oxygen atoms in total. The van der Waals surface area contributed by atoms with E-state index in [-0.39, 0.29) is 0 Å². The maximum Gasteiger partial charge on any atom is 0.235 e. The normalized spacial score (nSPS) is 12.6. The first-order chi connectivity index (χ1) is 29.8. The van der Waals surface area contributed by atoms with Crippen LogP contribution in [0.4, 0.5) is 17.1 Å². The maximum atomic E-state index is 5.67. The topological polar surface area (TPSA) is 38.9 Å². The van der Waals surface area contributed by atoms with Crippen molar-refractivity contribution in [3.63, 3.8) is 0 Å². The third kappa shape index (κ3) is 4.19. The van der Waals surface area contributed by atoms with E-state index in [1.807, 2.05) is 11.3 Å². The van der Waals surface area contributed by atoms with Gasteiger partial charge in [-0.15, -0.1) is 11.3 Å². The minimum Gasteiger partial charge on any atom is -0.309 e. The highest BCUT2D eigenvalue weighted by Gasteiger charge is 2.30. The zero-order chi connectivity index (χ0) is 39.1. The standard InChI is InChI=1S/C54H31N5S/c1-2-15-32(16-3-1)57-44-26-12-8-22-39(44)51-50-41(23-14-27-45(50)57)55-54(56-51)59-43-25-11-7-21-38(43)49-36-19-5-4-18-35(36)48-37-20-6-10-24-42(37)58(52(48)53(49)59)33-29-30-47-40(31-33)34-17-9-13-28-46(34)60-47/h1-31H. The van der Waals surface area contributed by atoms with E-state index in [0.717, 1.165) is 67.0 Å². The van der Waals surface area contributed by atoms with E-state index in [1.165, 1.54) is 52.5 Å². The SMILES string of the molecule is c1ccc(N2c3ccccc3-c3nc(-n4c5ccccc5c5c6ccccc6c6c7ccccc7n(-c7ccc8sc9ccccc9c8c7)c6c54)nc4cccc2c34)cc1. The van der Waals surface area contributed by atoms with Crippen molar-refractivity contribution in [1.82, 2.24) is 19.1 Å². The number of anilines is 3. The van der Waals surface area contributed by atoms with Crippen molar-refractivity contribution < 1.29 is 0 Å². The first-order valence-electron chi connectivity index (χ1n) is 20.3. The fourth-order valence-electron chi connectivity index (χ4n) is 10.2. The van der Waals surface area contributed by atoms with Crippen LogP contribution < -0.4 is 4.90 Å². The van der Waals surface area contributed by atoms with Gasteiger partial charge in [0.1, 0.15) is 0 Å². The van der Waals surface area contributed by atoms with Gasteiger partial charge < -0.3 is 9.47 Å². The summed E-state index contributed by atoms with van der Waals surface area (Å²) in [6, 6.07) is 68.0. The van der Waals surface area contributed by atoms with Crippen molar-refractivity contribution in [2.75, 3.05) is 4.90 Å². The Balaban J connectivity index is 1.17. The Hall–Kier alpha value is -7.80. The number of benzene rings is 9. The minimum atomic E-state index is 0.650. The number of para-hydroxylation sites is 4. The van der Waals surface area contributed by atoms with E-state index in [2.05, 4.69) is 202 Å². The molecule has 6 heteroatoms. The summed E-state index contributed by atoms with van der Waals surface area (Å²) in [5, 5.41) is 10.9. The van der Waals surface area contributed by atoms with Gasteiger partial charge >= 0.3 is 0 Å². The molecule has 0 radical (unpaired) electrons. The van der Waals surface area contributed by atoms with Crippen molar-refractivity contribution in [1.29, 1.82) is 0 Å². The van der Waals surface area contributed by atoms with E-state index < -0.39 is 0 Å². The van der Waals surface area contributed by atoms with Crippen LogP contribution in [0.25, 0.3) is 108 Å². The molecular formula is C54H31N5S. The molecule has 5 heterocycles. The van der Waals surface area contributed by atoms with Gasteiger partial charge in [-0.2, -0.15) is 0 Å². The lowest BCUT2D eigenvalue weighted by Crippen LogP contribution is -2.16. The second-order valence-corrected chi connectivity index (χ2v) is 16.8. The number of hydrogen-bond donors (Lipinski definition) is 0. The quantitative estimate of drug-likeness (QED) is 0.179. The van der Waals surface area contributed by atoms with Crippen LogP contribution in [0.2, 0.25) is 0 Å². The molecule has 0 bridgehead atoms. The Kier molecular flexibility index (Phi) is 6.38. The van der Waals surface area contributed by atoms with E-state index >= 15 is 0 Å². The largest absolute Gasteiger partial charge is 0.309 e. The van der Waals surface area contributed by atoms with E-state index in [4.69, 9.17) is 9.97 Å². The van der Waals surface area contributed by atoms with Gasteiger partial charge in [-0.1, -0.05) is 121 Å². The third-order valence-electron chi connectivity index (χ3n) is 12.6. The van der Waals surface area contributed by atoms with Crippen LogP contribution in [0.3, 0.4) is 0 Å². The average molecular weight is 782 g/mol. The summed E-state index contributed by atoms with van der Waals surface area (Å²) in [6.07, 6.45) is 0. The Morgan fingerprint density at radius 3 is 1.77 bits per heavy atom. The zero-order valence-corrected chi connectivity index (χ0v) is 32.9. The van der Waals surface area contributed by atoms with Crippen LogP contribution in [-0.2, 0) is 0 Å². The number of nitrogens with zero attached hydrogens (tertiary/aromatic N) is 5. The fraction of sp³-hybridized carbons (Fsp3) is 0. The lowest BCUT2D eigenvalue weighted by atomic mass is 9.96. The molecule has 0 spiro atoms. The highest BCUT2D eigenvalue weighted by atomic mass is 32.1. The van der Waals surface area contributed by atoms with Crippen LogP contribution in [-0.4, -0.2) is 19.1 Å². The van der Waals surface area contributed by atoms with Crippen molar-refractivity contribution in [3.05, 3.63) is 188 Å². The number of hydrogen-bond acceptors (Lipinski definition) is 4. The molecule has 278 valence electrons. The Morgan fingerprint density at radius 2 is 0.983 bits per heavy atom. The molecule has 0 fully saturated rings. The third-order valence-corrected chi connectivity index (χ3v) is 13.8. The molecule has 0 amide bonds. The molecule has 1 aliphatic rings. The van der Waals surface area contributed by atoms with Crippen LogP contribution in [0.5, 0.6) is 0 Å². The Bertz CT molecular complexity index is 3970. The molecule has 0 unspecified atom stereocenters. The van der Waals surface area contributed by atoms with Crippen LogP contribution in [0, 0.1) is 0 Å². The highest BCUT2D eigenvalue weighted by Crippen LogP contribution is 2.51. The monoisotopic (exact) mass is 781 g/mol. The first kappa shape index (κ1) is 32.2. The zero-order valence-electron chi connectivity index (χ0n) is 32.0. The van der Waals surface area contributed by atoms with Gasteiger partial charge in [0.2, 0.25) is 5.95 Å². The van der Waals surface area contributed by atoms with E-state index in [1.54, 1.807) is 0 Å². The minimum absolute atomic E-state index is 0.650. The maximum absolute atomic E-state index is 5.67. The molecule has 0 atom stereocenters. The second-order valence-electron chi connectivity index (χ2n) is 15.7. The van der Waals surface area contributed by atoms with Gasteiger partial charge in [-0.05, 0) is 77.5 Å². The summed E-state index contributed by atoms with van der Waals surface area (Å²) in [5.41, 5.74) is 11.8. The smallest absolute Gasteiger partial charge is 0.235 e. The summed E-state index contributed by atoms with van der Waals surface area (Å²) < 4.78 is 7.43. The number of rotatable bonds is 3. The molecular weight excluding hydrogens is 751 g/mol. The van der Waals surface area contributed by atoms with Crippen LogP contribution in [0.15, 0.2) is 188 Å². The fourth-order valence-corrected chi connectivity index (χ4v) is 11.3. The van der Waals surface area contributed by atoms with Gasteiger partial charge in [-0.25, -0.2) is 9.97 Å². The van der Waals surface area contributed by atoms with Gasteiger partial charge in [-0.3, -0.25) is 4.57 Å². The van der Waals surface area contributed by atoms with E-state index in [0.29, 0.717) is 5.95 Å². The second kappa shape index (κ2) is 11.9. The summed E-state index contributed by atoms with van der Waals surface area (Å²) >= 11 is 1.85. The van der Waals surface area contributed by atoms with Gasteiger partial charge in [0.15, 0.2) is 0 Å². The van der Waals surface area contributed by atoms with Crippen molar-refractivity contribution in [3.8, 4) is 22.9 Å². The molecule has 9 aromatic carbocycles. The summed E-state index contributed by atoms with van der Waals surface area (Å²) in [5.74, 6) is 0.650. The molecule has 13 aromatic rings. The highest BCUT2D eigenvalue weighted by molar-refractivity contribution is 7.25. The number of fused-ring (bicyclic) bond motifs is 15. The number of thiophene rings is 1. The van der Waals surface area contributed by atoms with E-state index in [9.17, 15) is 0 Å². The predicted octanol–water partition coefficient (Wildman–Crippen LogP) is 14.8. The molecule has 0 saturated carbocycles. The van der Waals surface area contributed by atoms with Crippen molar-refractivity contribution in [2.24, 2.45) is 0 Å². The molecule has 14 rings (SSSR count). The van der Waals surface area contributed by atoms with Gasteiger partial charge in [0.05, 0.1) is 50.0 Å². The number of aromatic nitrogens is 4. The summed E-state index contributed by atoms with van der Waals surface area (Å²) in [7, 11) is 0. The first-order valence-corrected chi connectivity index (χ1v) is 21.2. The lowest BCUT2D eigenvalue weighted by molar-refractivity contribution is 1.01. The molecule has 0 N–H and O–H groups in total. The predicted molar refractivity (Wildman–Crippen MR) is 252 cm³/mol. The molecule has 1 aliphatic heterocycles. The average Bonchev–Trinajstić information content (AvgIpc) is 3.97. The Morgan fingerprint density at radius 1 is 0.383 bits per heavy atom. The van der Waals surface area contributed by atoms with Crippen molar-refractivity contribution in [2.45, 2.75) is 0 Å². The molecule has 0 saturated heterocycles. The van der Waals surface area contributed by atoms with Gasteiger partial charge in [0.25, 0.3) is 0 Å². The van der Waals surface area contributed by atoms with Gasteiger partial charge in [0, 0.05) is 58.7 Å².